The van der Waals surface area contributed by atoms with Gasteiger partial charge in [0.2, 0.25) is 5.95 Å². The van der Waals surface area contributed by atoms with Crippen molar-refractivity contribution in [2.45, 2.75) is 26.2 Å². The number of nitrogens with zero attached hydrogens (tertiary/aromatic N) is 2. The molecule has 0 spiro atoms. The largest absolute Gasteiger partial charge is 0.416 e. The first-order valence-electron chi connectivity index (χ1n) is 8.88. The monoisotopic (exact) mass is 400 g/mol. The summed E-state index contributed by atoms with van der Waals surface area (Å²) in [5, 5.41) is 5.74. The zero-order chi connectivity index (χ0) is 20.9. The van der Waals surface area contributed by atoms with Crippen LogP contribution in [0.4, 0.5) is 19.1 Å². The van der Waals surface area contributed by atoms with Crippen LogP contribution in [0.1, 0.15) is 32.7 Å². The van der Waals surface area contributed by atoms with Crippen LogP contribution in [-0.4, -0.2) is 15.9 Å². The molecule has 0 atom stereocenters. The summed E-state index contributed by atoms with van der Waals surface area (Å²) in [5.74, 6) is 0.125. The van der Waals surface area contributed by atoms with E-state index in [9.17, 15) is 18.0 Å². The molecule has 0 radical (unpaired) electrons. The topological polar surface area (TPSA) is 66.9 Å². The van der Waals surface area contributed by atoms with Crippen LogP contribution >= 0.6 is 0 Å². The number of anilines is 1. The lowest BCUT2D eigenvalue weighted by Gasteiger charge is -2.10. The predicted molar refractivity (Wildman–Crippen MR) is 103 cm³/mol. The summed E-state index contributed by atoms with van der Waals surface area (Å²) < 4.78 is 38.4. The summed E-state index contributed by atoms with van der Waals surface area (Å²) in [6.07, 6.45) is -2.76. The number of rotatable bonds is 6. The summed E-state index contributed by atoms with van der Waals surface area (Å²) in [5.41, 5.74) is 1.74. The number of carbonyl (C=O) groups is 1. The highest BCUT2D eigenvalue weighted by Crippen LogP contribution is 2.29. The normalized spacial score (nSPS) is 11.2. The Morgan fingerprint density at radius 2 is 1.72 bits per heavy atom. The van der Waals surface area contributed by atoms with Gasteiger partial charge in [-0.2, -0.15) is 13.2 Å². The fourth-order valence-electron chi connectivity index (χ4n) is 2.68. The number of carbonyl (C=O) groups excluding carboxylic acids is 1. The summed E-state index contributed by atoms with van der Waals surface area (Å²) >= 11 is 0. The molecule has 150 valence electrons. The molecule has 3 aromatic rings. The molecule has 0 aliphatic rings. The van der Waals surface area contributed by atoms with Gasteiger partial charge in [0.15, 0.2) is 0 Å². The van der Waals surface area contributed by atoms with Gasteiger partial charge < -0.3 is 10.6 Å². The first-order valence-corrected chi connectivity index (χ1v) is 8.88. The minimum absolute atomic E-state index is 0.00234. The van der Waals surface area contributed by atoms with E-state index in [4.69, 9.17) is 0 Å². The van der Waals surface area contributed by atoms with E-state index in [0.717, 1.165) is 23.4 Å². The number of hydrogen-bond donors (Lipinski definition) is 2. The molecule has 1 aromatic heterocycles. The van der Waals surface area contributed by atoms with Crippen LogP contribution in [0, 0.1) is 6.92 Å². The molecule has 0 aliphatic heterocycles. The Morgan fingerprint density at radius 3 is 2.45 bits per heavy atom. The maximum atomic E-state index is 12.8. The third kappa shape index (κ3) is 5.78. The quantitative estimate of drug-likeness (QED) is 0.646. The second-order valence-electron chi connectivity index (χ2n) is 6.46. The number of nitrogens with one attached hydrogen (secondary N) is 2. The first-order chi connectivity index (χ1) is 13.8. The molecule has 3 rings (SSSR count). The summed E-state index contributed by atoms with van der Waals surface area (Å²) in [4.78, 5) is 20.8. The molecule has 0 unspecified atom stereocenters. The van der Waals surface area contributed by atoms with E-state index < -0.39 is 11.7 Å². The van der Waals surface area contributed by atoms with Crippen molar-refractivity contribution >= 4 is 11.9 Å². The van der Waals surface area contributed by atoms with E-state index in [0.29, 0.717) is 23.6 Å². The maximum Gasteiger partial charge on any atom is 0.416 e. The lowest BCUT2D eigenvalue weighted by molar-refractivity contribution is -0.137. The van der Waals surface area contributed by atoms with Crippen LogP contribution in [-0.2, 0) is 19.3 Å². The molecule has 0 saturated heterocycles. The van der Waals surface area contributed by atoms with Gasteiger partial charge in [0.25, 0.3) is 5.91 Å². The van der Waals surface area contributed by atoms with Crippen molar-refractivity contribution in [1.82, 2.24) is 15.3 Å². The Balaban J connectivity index is 1.61. The van der Waals surface area contributed by atoms with Gasteiger partial charge in [-0.05, 0) is 48.4 Å². The van der Waals surface area contributed by atoms with Crippen molar-refractivity contribution in [3.63, 3.8) is 0 Å². The van der Waals surface area contributed by atoms with E-state index in [-0.39, 0.29) is 12.5 Å². The zero-order valence-corrected chi connectivity index (χ0v) is 15.6. The van der Waals surface area contributed by atoms with Gasteiger partial charge in [-0.3, -0.25) is 4.79 Å². The van der Waals surface area contributed by atoms with Gasteiger partial charge in [-0.25, -0.2) is 9.97 Å². The molecule has 1 heterocycles. The summed E-state index contributed by atoms with van der Waals surface area (Å²) in [7, 11) is 0. The average molecular weight is 400 g/mol. The molecule has 2 aromatic carbocycles. The summed E-state index contributed by atoms with van der Waals surface area (Å²) in [6, 6.07) is 13.6. The summed E-state index contributed by atoms with van der Waals surface area (Å²) in [6.45, 7) is 2.29. The number of amides is 1. The Labute approximate surface area is 166 Å². The first kappa shape index (κ1) is 20.3. The molecule has 2 N–H and O–H groups in total. The second kappa shape index (κ2) is 8.72. The van der Waals surface area contributed by atoms with Gasteiger partial charge in [0.05, 0.1) is 5.56 Å². The highest BCUT2D eigenvalue weighted by atomic mass is 19.4. The Kier molecular flexibility index (Phi) is 6.11. The Morgan fingerprint density at radius 1 is 1.00 bits per heavy atom. The highest BCUT2D eigenvalue weighted by Gasteiger charge is 2.30. The molecule has 0 saturated carbocycles. The van der Waals surface area contributed by atoms with Crippen LogP contribution in [0.15, 0.2) is 60.8 Å². The number of hydrogen-bond acceptors (Lipinski definition) is 4. The Bertz CT molecular complexity index is 1000. The fraction of sp³-hybridized carbons (Fsp3) is 0.190. The highest BCUT2D eigenvalue weighted by molar-refractivity contribution is 5.94. The second-order valence-corrected chi connectivity index (χ2v) is 6.46. The van der Waals surface area contributed by atoms with Crippen LogP contribution in [0.3, 0.4) is 0 Å². The lowest BCUT2D eigenvalue weighted by Crippen LogP contribution is -2.23. The minimum atomic E-state index is -4.41. The van der Waals surface area contributed by atoms with Crippen molar-refractivity contribution < 1.29 is 18.0 Å². The van der Waals surface area contributed by atoms with Crippen molar-refractivity contribution in [3.05, 3.63) is 88.7 Å². The van der Waals surface area contributed by atoms with E-state index in [1.54, 1.807) is 30.5 Å². The molecule has 0 aliphatic carbocycles. The van der Waals surface area contributed by atoms with Gasteiger partial charge in [-0.1, -0.05) is 24.3 Å². The number of aryl methyl sites for hydroxylation is 1. The number of aromatic nitrogens is 2. The maximum absolute atomic E-state index is 12.8. The zero-order valence-electron chi connectivity index (χ0n) is 15.6. The van der Waals surface area contributed by atoms with Gasteiger partial charge in [0.1, 0.15) is 0 Å². The molecular formula is C21H19F3N4O. The minimum Gasteiger partial charge on any atom is -0.350 e. The van der Waals surface area contributed by atoms with Crippen molar-refractivity contribution in [2.24, 2.45) is 0 Å². The SMILES string of the molecule is Cc1ccnc(NCc2cccc(C(=O)NCc3cccc(C(F)(F)F)c3)c2)n1. The smallest absolute Gasteiger partial charge is 0.350 e. The van der Waals surface area contributed by atoms with Crippen molar-refractivity contribution in [2.75, 3.05) is 5.32 Å². The average Bonchev–Trinajstić information content (AvgIpc) is 2.70. The van der Waals surface area contributed by atoms with Crippen molar-refractivity contribution in [3.8, 4) is 0 Å². The standard InChI is InChI=1S/C21H19F3N4O/c1-14-8-9-25-20(28-14)27-13-15-4-2-6-17(10-15)19(29)26-12-16-5-3-7-18(11-16)21(22,23)24/h2-11H,12-13H2,1H3,(H,26,29)(H,25,27,28). The van der Waals surface area contributed by atoms with E-state index in [1.807, 2.05) is 13.0 Å². The van der Waals surface area contributed by atoms with E-state index >= 15 is 0 Å². The lowest BCUT2D eigenvalue weighted by atomic mass is 10.1. The van der Waals surface area contributed by atoms with Gasteiger partial charge in [0, 0.05) is 30.5 Å². The molecule has 8 heteroatoms. The predicted octanol–water partition coefficient (Wildman–Crippen LogP) is 4.35. The van der Waals surface area contributed by atoms with Gasteiger partial charge >= 0.3 is 6.18 Å². The number of benzene rings is 2. The van der Waals surface area contributed by atoms with Crippen molar-refractivity contribution in [1.29, 1.82) is 0 Å². The Hall–Kier alpha value is -3.42. The van der Waals surface area contributed by atoms with Crippen LogP contribution in [0.25, 0.3) is 0 Å². The molecule has 5 nitrogen and oxygen atoms in total. The van der Waals surface area contributed by atoms with E-state index in [2.05, 4.69) is 20.6 Å². The van der Waals surface area contributed by atoms with E-state index in [1.165, 1.54) is 12.1 Å². The van der Waals surface area contributed by atoms with Gasteiger partial charge in [-0.15, -0.1) is 0 Å². The molecule has 0 fully saturated rings. The third-order valence-electron chi connectivity index (χ3n) is 4.14. The molecule has 29 heavy (non-hydrogen) atoms. The molecule has 0 bridgehead atoms. The van der Waals surface area contributed by atoms with Crippen LogP contribution in [0.2, 0.25) is 0 Å². The third-order valence-corrected chi connectivity index (χ3v) is 4.14. The fourth-order valence-corrected chi connectivity index (χ4v) is 2.68. The number of halogens is 3. The molecule has 1 amide bonds. The van der Waals surface area contributed by atoms with Crippen LogP contribution in [0.5, 0.6) is 0 Å². The number of alkyl halides is 3. The van der Waals surface area contributed by atoms with Crippen LogP contribution < -0.4 is 10.6 Å². The molecular weight excluding hydrogens is 381 g/mol.